The molecule has 0 radical (unpaired) electrons. The molecule has 1 atom stereocenters. The normalized spacial score (nSPS) is 21.1. The number of carbonyl (C=O) groups is 1. The largest absolute Gasteiger partial charge is 0.506 e. The predicted molar refractivity (Wildman–Crippen MR) is 101 cm³/mol. The smallest absolute Gasteiger partial charge is 0.326 e. The lowest BCUT2D eigenvalue weighted by molar-refractivity contribution is -0.117. The molecule has 2 aliphatic heterocycles. The zero-order valence-corrected chi connectivity index (χ0v) is 16.4. The maximum Gasteiger partial charge on any atom is 0.326 e. The van der Waals surface area contributed by atoms with Gasteiger partial charge >= 0.3 is 10.2 Å². The number of halogens is 1. The number of fused-ring (bicyclic) bond motifs is 1. The molecule has 2 aliphatic rings. The lowest BCUT2D eigenvalue weighted by atomic mass is 9.92. The molecule has 0 unspecified atom stereocenters. The first-order chi connectivity index (χ1) is 12.5. The van der Waals surface area contributed by atoms with E-state index in [0.29, 0.717) is 28.5 Å². The van der Waals surface area contributed by atoms with Gasteiger partial charge in [-0.05, 0) is 24.8 Å². The van der Waals surface area contributed by atoms with E-state index < -0.39 is 39.9 Å². The molecular formula is C17H25FN4O4S. The van der Waals surface area contributed by atoms with E-state index >= 15 is 4.39 Å². The number of anilines is 2. The van der Waals surface area contributed by atoms with Crippen molar-refractivity contribution in [1.29, 1.82) is 0 Å². The zero-order valence-electron chi connectivity index (χ0n) is 15.6. The Bertz CT molecular complexity index is 867. The summed E-state index contributed by atoms with van der Waals surface area (Å²) in [5.74, 6) is -2.12. The summed E-state index contributed by atoms with van der Waals surface area (Å²) in [6, 6.07) is 1.24. The van der Waals surface area contributed by atoms with Crippen LogP contribution in [0.3, 0.4) is 0 Å². The Morgan fingerprint density at radius 3 is 2.70 bits per heavy atom. The van der Waals surface area contributed by atoms with Crippen molar-refractivity contribution in [3.63, 3.8) is 0 Å². The van der Waals surface area contributed by atoms with E-state index in [2.05, 4.69) is 31.4 Å². The van der Waals surface area contributed by atoms with Crippen LogP contribution in [0, 0.1) is 11.2 Å². The third-order valence-corrected chi connectivity index (χ3v) is 6.02. The Balaban J connectivity index is 1.75. The summed E-state index contributed by atoms with van der Waals surface area (Å²) in [6.07, 6.45) is 1.35. The third-order valence-electron chi connectivity index (χ3n) is 4.64. The minimum atomic E-state index is -4.20. The number of hydrogen-bond acceptors (Lipinski definition) is 6. The van der Waals surface area contributed by atoms with Gasteiger partial charge < -0.3 is 15.7 Å². The highest BCUT2D eigenvalue weighted by molar-refractivity contribution is 7.92. The molecule has 150 valence electrons. The van der Waals surface area contributed by atoms with Gasteiger partial charge in [0.05, 0.1) is 0 Å². The topological polar surface area (TPSA) is 111 Å². The Kier molecular flexibility index (Phi) is 4.98. The fourth-order valence-electron chi connectivity index (χ4n) is 3.26. The summed E-state index contributed by atoms with van der Waals surface area (Å²) in [6.45, 7) is 7.36. The lowest BCUT2D eigenvalue weighted by Crippen LogP contribution is -2.33. The fraction of sp³-hybridized carbons (Fsp3) is 0.588. The molecular weight excluding hydrogens is 375 g/mol. The number of carbonyl (C=O) groups excluding carboxylic acids is 1. The van der Waals surface area contributed by atoms with Gasteiger partial charge in [0.1, 0.15) is 18.0 Å². The van der Waals surface area contributed by atoms with Crippen molar-refractivity contribution >= 4 is 27.5 Å². The average molecular weight is 400 g/mol. The lowest BCUT2D eigenvalue weighted by Gasteiger charge is -2.19. The molecule has 4 N–H and O–H groups in total. The summed E-state index contributed by atoms with van der Waals surface area (Å²) in [7, 11) is -4.20. The van der Waals surface area contributed by atoms with E-state index in [1.807, 2.05) is 0 Å². The van der Waals surface area contributed by atoms with Gasteiger partial charge in [0, 0.05) is 29.9 Å². The summed E-state index contributed by atoms with van der Waals surface area (Å²) >= 11 is 0. The van der Waals surface area contributed by atoms with Gasteiger partial charge in [0.25, 0.3) is 5.91 Å². The standard InChI is InChI=1S/C17H25FN4O4S/c1-17(2,3)4-5-19-8-10-6-11-12(20-10)7-13(23)16(15(11)18)22-9-14(24)21-27(22,25)26/h7,10,19-20,23H,4-6,8-9H2,1-3H3,(H,21,24)/t10-/m1/s1. The fourth-order valence-corrected chi connectivity index (χ4v) is 4.42. The molecule has 0 bridgehead atoms. The van der Waals surface area contributed by atoms with Gasteiger partial charge in [-0.15, -0.1) is 0 Å². The van der Waals surface area contributed by atoms with Crippen molar-refractivity contribution in [3.8, 4) is 5.75 Å². The summed E-state index contributed by atoms with van der Waals surface area (Å²) in [5, 5.41) is 16.7. The van der Waals surface area contributed by atoms with Gasteiger partial charge in [-0.25, -0.2) is 13.4 Å². The molecule has 1 saturated heterocycles. The van der Waals surface area contributed by atoms with E-state index in [0.717, 1.165) is 13.0 Å². The van der Waals surface area contributed by atoms with Crippen molar-refractivity contribution in [3.05, 3.63) is 17.4 Å². The van der Waals surface area contributed by atoms with Crippen molar-refractivity contribution in [2.75, 3.05) is 29.3 Å². The number of rotatable bonds is 5. The number of aromatic hydroxyl groups is 1. The van der Waals surface area contributed by atoms with Crippen molar-refractivity contribution < 1.29 is 22.7 Å². The van der Waals surface area contributed by atoms with Crippen LogP contribution in [0.15, 0.2) is 6.07 Å². The molecule has 1 fully saturated rings. The van der Waals surface area contributed by atoms with Gasteiger partial charge in [0.2, 0.25) is 0 Å². The Morgan fingerprint density at radius 2 is 2.11 bits per heavy atom. The summed E-state index contributed by atoms with van der Waals surface area (Å²) in [4.78, 5) is 11.4. The van der Waals surface area contributed by atoms with Crippen LogP contribution in [0.2, 0.25) is 0 Å². The van der Waals surface area contributed by atoms with Crippen LogP contribution in [0.4, 0.5) is 15.8 Å². The third kappa shape index (κ3) is 4.11. The molecule has 1 amide bonds. The summed E-state index contributed by atoms with van der Waals surface area (Å²) in [5.41, 5.74) is 0.473. The first kappa shape index (κ1) is 19.7. The first-order valence-electron chi connectivity index (χ1n) is 8.83. The molecule has 8 nitrogen and oxygen atoms in total. The van der Waals surface area contributed by atoms with Crippen LogP contribution in [0.1, 0.15) is 32.8 Å². The second-order valence-corrected chi connectivity index (χ2v) is 9.78. The molecule has 1 aromatic rings. The van der Waals surface area contributed by atoms with Crippen LogP contribution < -0.4 is 19.7 Å². The van der Waals surface area contributed by atoms with Gasteiger partial charge in [-0.3, -0.25) is 4.79 Å². The Labute approximate surface area is 158 Å². The van der Waals surface area contributed by atoms with Gasteiger partial charge in [0.15, 0.2) is 5.82 Å². The van der Waals surface area contributed by atoms with Crippen LogP contribution in [0.5, 0.6) is 5.75 Å². The minimum absolute atomic E-state index is 0.0703. The molecule has 0 aromatic heterocycles. The first-order valence-corrected chi connectivity index (χ1v) is 10.3. The van der Waals surface area contributed by atoms with Gasteiger partial charge in [-0.1, -0.05) is 20.8 Å². The molecule has 0 aliphatic carbocycles. The van der Waals surface area contributed by atoms with E-state index in [9.17, 15) is 18.3 Å². The Hall–Kier alpha value is -2.07. The second-order valence-electron chi connectivity index (χ2n) is 8.18. The average Bonchev–Trinajstić information content (AvgIpc) is 3.03. The molecule has 10 heteroatoms. The predicted octanol–water partition coefficient (Wildman–Crippen LogP) is 1.07. The number of phenolic OH excluding ortho intramolecular Hbond substituents is 1. The highest BCUT2D eigenvalue weighted by Crippen LogP contribution is 2.41. The minimum Gasteiger partial charge on any atom is -0.506 e. The number of nitrogens with zero attached hydrogens (tertiary/aromatic N) is 1. The molecule has 27 heavy (non-hydrogen) atoms. The van der Waals surface area contributed by atoms with Crippen LogP contribution in [-0.4, -0.2) is 45.1 Å². The van der Waals surface area contributed by atoms with Crippen molar-refractivity contribution in [2.24, 2.45) is 5.41 Å². The number of phenols is 1. The summed E-state index contributed by atoms with van der Waals surface area (Å²) < 4.78 is 41.3. The number of nitrogens with one attached hydrogen (secondary N) is 3. The van der Waals surface area contributed by atoms with Crippen LogP contribution >= 0.6 is 0 Å². The SMILES string of the molecule is CC(C)(C)CCNC[C@H]1Cc2c(cc(O)c(N3CC(=O)NS3(=O)=O)c2F)N1. The highest BCUT2D eigenvalue weighted by atomic mass is 32.2. The number of hydrogen-bond donors (Lipinski definition) is 4. The monoisotopic (exact) mass is 400 g/mol. The second kappa shape index (κ2) is 6.83. The van der Waals surface area contributed by atoms with Crippen molar-refractivity contribution in [1.82, 2.24) is 10.0 Å². The molecule has 0 saturated carbocycles. The van der Waals surface area contributed by atoms with E-state index in [1.165, 1.54) is 6.07 Å². The molecule has 3 rings (SSSR count). The number of amides is 1. The Morgan fingerprint density at radius 1 is 1.41 bits per heavy atom. The van der Waals surface area contributed by atoms with E-state index in [4.69, 9.17) is 0 Å². The maximum atomic E-state index is 15.0. The van der Waals surface area contributed by atoms with Crippen LogP contribution in [-0.2, 0) is 21.4 Å². The molecule has 2 heterocycles. The quantitative estimate of drug-likeness (QED) is 0.551. The van der Waals surface area contributed by atoms with E-state index in [-0.39, 0.29) is 11.5 Å². The zero-order chi connectivity index (χ0) is 20.0. The van der Waals surface area contributed by atoms with Crippen molar-refractivity contribution in [2.45, 2.75) is 39.7 Å². The number of benzene rings is 1. The van der Waals surface area contributed by atoms with E-state index in [1.54, 1.807) is 4.72 Å². The van der Waals surface area contributed by atoms with Gasteiger partial charge in [-0.2, -0.15) is 8.42 Å². The van der Waals surface area contributed by atoms with Crippen LogP contribution in [0.25, 0.3) is 0 Å². The molecule has 0 spiro atoms. The highest BCUT2D eigenvalue weighted by Gasteiger charge is 2.39. The maximum absolute atomic E-state index is 15.0. The molecule has 1 aromatic carbocycles.